The molecule has 0 aromatic carbocycles. The number of halogens is 6. The van der Waals surface area contributed by atoms with E-state index in [1.165, 1.54) is 23.1 Å². The van der Waals surface area contributed by atoms with Gasteiger partial charge in [0.1, 0.15) is 0 Å². The second kappa shape index (κ2) is 9.99. The number of hydrogen-bond acceptors (Lipinski definition) is 6. The largest absolute Gasteiger partial charge is 0.440 e. The van der Waals surface area contributed by atoms with Gasteiger partial charge in [-0.05, 0) is 32.9 Å². The van der Waals surface area contributed by atoms with Gasteiger partial charge in [0.15, 0.2) is 0 Å². The van der Waals surface area contributed by atoms with Crippen molar-refractivity contribution in [2.75, 3.05) is 23.3 Å². The monoisotopic (exact) mass is 423 g/mol. The number of nitrogens with one attached hydrogen (secondary N) is 1. The molecule has 0 radical (unpaired) electrons. The summed E-state index contributed by atoms with van der Waals surface area (Å²) >= 11 is 0. The Balaban J connectivity index is 3.35. The number of hydrogen-bond donors (Lipinski definition) is 1. The van der Waals surface area contributed by atoms with Crippen molar-refractivity contribution in [3.63, 3.8) is 0 Å². The highest BCUT2D eigenvalue weighted by atomic mass is 19.4. The fourth-order valence-electron chi connectivity index (χ4n) is 1.99. The molecule has 1 aromatic rings. The molecule has 0 spiro atoms. The highest BCUT2D eigenvalue weighted by Gasteiger charge is 2.59. The Morgan fingerprint density at radius 3 is 2.21 bits per heavy atom. The van der Waals surface area contributed by atoms with Gasteiger partial charge in [-0.3, -0.25) is 0 Å². The maximum Gasteiger partial charge on any atom is 0.434 e. The van der Waals surface area contributed by atoms with Gasteiger partial charge in [-0.25, -0.2) is 0 Å². The predicted octanol–water partition coefficient (Wildman–Crippen LogP) is 4.09. The molecule has 0 atom stereocenters. The van der Waals surface area contributed by atoms with Crippen LogP contribution in [0.4, 0.5) is 38.2 Å². The fourth-order valence-corrected chi connectivity index (χ4v) is 1.99. The highest BCUT2D eigenvalue weighted by Crippen LogP contribution is 2.36. The van der Waals surface area contributed by atoms with E-state index in [1.54, 1.807) is 20.8 Å². The van der Waals surface area contributed by atoms with E-state index in [-0.39, 0.29) is 11.9 Å². The molecule has 1 aromatic heterocycles. The van der Waals surface area contributed by atoms with E-state index in [4.69, 9.17) is 6.42 Å². The van der Waals surface area contributed by atoms with Crippen LogP contribution in [0.25, 0.3) is 0 Å². The molecule has 0 aliphatic rings. The predicted molar refractivity (Wildman–Crippen MR) is 95.3 cm³/mol. The van der Waals surface area contributed by atoms with Crippen molar-refractivity contribution in [3.8, 4) is 18.4 Å². The van der Waals surface area contributed by atoms with Crippen LogP contribution in [0, 0.1) is 12.3 Å². The summed E-state index contributed by atoms with van der Waals surface area (Å²) in [5.41, 5.74) is 0.419. The molecule has 0 unspecified atom stereocenters. The first kappa shape index (κ1) is 24.1. The molecule has 0 saturated carbocycles. The van der Waals surface area contributed by atoms with Gasteiger partial charge in [0.25, 0.3) is 6.10 Å². The molecule has 0 saturated heterocycles. The lowest BCUT2D eigenvalue weighted by Gasteiger charge is -2.24. The van der Waals surface area contributed by atoms with Gasteiger partial charge in [0.05, 0.1) is 0 Å². The van der Waals surface area contributed by atoms with Crippen LogP contribution in [0.2, 0.25) is 0 Å². The zero-order chi connectivity index (χ0) is 22.2. The first-order chi connectivity index (χ1) is 13.4. The summed E-state index contributed by atoms with van der Waals surface area (Å²) in [5.74, 6) is 1.82. The van der Waals surface area contributed by atoms with E-state index in [0.29, 0.717) is 18.8 Å². The molecule has 0 aliphatic carbocycles. The molecule has 160 valence electrons. The van der Waals surface area contributed by atoms with E-state index in [1.807, 2.05) is 0 Å². The van der Waals surface area contributed by atoms with Crippen LogP contribution in [0.15, 0.2) is 23.9 Å². The van der Waals surface area contributed by atoms with Crippen molar-refractivity contribution in [1.82, 2.24) is 15.0 Å². The van der Waals surface area contributed by atoms with Crippen LogP contribution in [0.5, 0.6) is 6.01 Å². The third-order valence-corrected chi connectivity index (χ3v) is 3.31. The Morgan fingerprint density at radius 2 is 1.72 bits per heavy atom. The summed E-state index contributed by atoms with van der Waals surface area (Å²) in [6.07, 6.45) is -6.04. The van der Waals surface area contributed by atoms with Crippen molar-refractivity contribution in [1.29, 1.82) is 0 Å². The topological polar surface area (TPSA) is 63.2 Å². The molecular formula is C17H19F6N5O. The number of allylic oxidation sites excluding steroid dienone is 4. The van der Waals surface area contributed by atoms with E-state index in [9.17, 15) is 26.3 Å². The summed E-state index contributed by atoms with van der Waals surface area (Å²) in [5, 5.41) is 2.65. The second-order valence-electron chi connectivity index (χ2n) is 5.50. The number of nitrogens with zero attached hydrogens (tertiary/aromatic N) is 4. The maximum absolute atomic E-state index is 12.8. The number of rotatable bonds is 8. The molecule has 1 rings (SSSR count). The number of ether oxygens (including phenoxy) is 1. The zero-order valence-electron chi connectivity index (χ0n) is 15.8. The van der Waals surface area contributed by atoms with Gasteiger partial charge in [0, 0.05) is 18.8 Å². The number of alkyl halides is 6. The number of anilines is 2. The summed E-state index contributed by atoms with van der Waals surface area (Å²) in [4.78, 5) is 12.7. The third kappa shape index (κ3) is 7.52. The fraction of sp³-hybridized carbons (Fsp3) is 0.471. The number of aromatic nitrogens is 3. The Labute approximate surface area is 163 Å². The minimum atomic E-state index is -5.70. The summed E-state index contributed by atoms with van der Waals surface area (Å²) in [6, 6.07) is -1.11. The average molecular weight is 423 g/mol. The van der Waals surface area contributed by atoms with Crippen LogP contribution in [-0.2, 0) is 0 Å². The molecule has 0 aliphatic heterocycles. The van der Waals surface area contributed by atoms with E-state index < -0.39 is 24.5 Å². The van der Waals surface area contributed by atoms with Crippen molar-refractivity contribution in [3.05, 3.63) is 23.9 Å². The van der Waals surface area contributed by atoms with Gasteiger partial charge >= 0.3 is 18.4 Å². The molecular weight excluding hydrogens is 404 g/mol. The van der Waals surface area contributed by atoms with E-state index >= 15 is 0 Å². The first-order valence-electron chi connectivity index (χ1n) is 8.30. The van der Waals surface area contributed by atoms with Gasteiger partial charge in [-0.15, -0.1) is 6.42 Å². The second-order valence-corrected chi connectivity index (χ2v) is 5.50. The van der Waals surface area contributed by atoms with Crippen LogP contribution < -0.4 is 15.0 Å². The Kier molecular flexibility index (Phi) is 8.29. The molecule has 29 heavy (non-hydrogen) atoms. The Morgan fingerprint density at radius 1 is 1.14 bits per heavy atom. The lowest BCUT2D eigenvalue weighted by Crippen LogP contribution is -2.47. The van der Waals surface area contributed by atoms with Crippen molar-refractivity contribution < 1.29 is 31.1 Å². The Hall–Kier alpha value is -2.97. The van der Waals surface area contributed by atoms with Crippen molar-refractivity contribution in [2.45, 2.75) is 39.2 Å². The molecule has 12 heteroatoms. The van der Waals surface area contributed by atoms with Crippen LogP contribution >= 0.6 is 0 Å². The summed E-state index contributed by atoms with van der Waals surface area (Å²) < 4.78 is 80.9. The van der Waals surface area contributed by atoms with Crippen LogP contribution in [0.3, 0.4) is 0 Å². The molecule has 0 amide bonds. The molecule has 1 heterocycles. The minimum Gasteiger partial charge on any atom is -0.440 e. The quantitative estimate of drug-likeness (QED) is 0.386. The molecule has 0 bridgehead atoms. The highest BCUT2D eigenvalue weighted by molar-refractivity contribution is 5.42. The summed E-state index contributed by atoms with van der Waals surface area (Å²) in [6.45, 7) is 5.69. The van der Waals surface area contributed by atoms with E-state index in [2.05, 4.69) is 30.9 Å². The first-order valence-corrected chi connectivity index (χ1v) is 8.30. The normalized spacial score (nSPS) is 12.9. The van der Waals surface area contributed by atoms with Gasteiger partial charge in [-0.1, -0.05) is 12.0 Å². The number of terminal acetylenes is 1. The van der Waals surface area contributed by atoms with Crippen molar-refractivity contribution >= 4 is 11.9 Å². The smallest absolute Gasteiger partial charge is 0.434 e. The van der Waals surface area contributed by atoms with Gasteiger partial charge in [-0.2, -0.15) is 41.3 Å². The lowest BCUT2D eigenvalue weighted by atomic mass is 10.3. The SMILES string of the molecule is C#C/C=C\C=C(/C)Nc1nc(OC(C(F)(F)F)C(F)(F)F)nc(N(CC)CC)n1. The molecule has 1 N–H and O–H groups in total. The lowest BCUT2D eigenvalue weighted by molar-refractivity contribution is -0.301. The third-order valence-electron chi connectivity index (χ3n) is 3.31. The Bertz CT molecular complexity index is 764. The molecule has 0 fully saturated rings. The van der Waals surface area contributed by atoms with Gasteiger partial charge in [0.2, 0.25) is 11.9 Å². The van der Waals surface area contributed by atoms with Crippen LogP contribution in [0.1, 0.15) is 20.8 Å². The zero-order valence-corrected chi connectivity index (χ0v) is 15.8. The van der Waals surface area contributed by atoms with Gasteiger partial charge < -0.3 is 15.0 Å². The van der Waals surface area contributed by atoms with Crippen molar-refractivity contribution in [2.24, 2.45) is 0 Å². The molecule has 6 nitrogen and oxygen atoms in total. The summed E-state index contributed by atoms with van der Waals surface area (Å²) in [7, 11) is 0. The maximum atomic E-state index is 12.8. The average Bonchev–Trinajstić information content (AvgIpc) is 2.59. The van der Waals surface area contributed by atoms with E-state index in [0.717, 1.165) is 0 Å². The minimum absolute atomic E-state index is 0.141. The van der Waals surface area contributed by atoms with Crippen LogP contribution in [-0.4, -0.2) is 46.5 Å². The standard InChI is InChI=1S/C17H19F6N5O/c1-5-8-9-10-11(4)24-13-25-14(28(6-2)7-3)27-15(26-13)29-12(16(18,19)20)17(21,22)23/h1,8-10,12H,6-7H2,2-4H3,(H,24,25,26,27)/b9-8-,11-10+.